The molecule has 7 nitrogen and oxygen atoms in total. The van der Waals surface area contributed by atoms with Crippen LogP contribution >= 0.6 is 11.3 Å². The van der Waals surface area contributed by atoms with Crippen molar-refractivity contribution in [2.45, 2.75) is 12.5 Å². The van der Waals surface area contributed by atoms with Crippen LogP contribution in [-0.4, -0.2) is 67.8 Å². The van der Waals surface area contributed by atoms with E-state index in [1.54, 1.807) is 0 Å². The molecule has 1 aliphatic heterocycles. The van der Waals surface area contributed by atoms with E-state index in [0.29, 0.717) is 32.7 Å². The number of thiophene rings is 1. The summed E-state index contributed by atoms with van der Waals surface area (Å²) in [4.78, 5) is 25.5. The van der Waals surface area contributed by atoms with Gasteiger partial charge in [-0.3, -0.25) is 14.5 Å². The molecule has 0 aromatic carbocycles. The Morgan fingerprint density at radius 1 is 1.26 bits per heavy atom. The highest BCUT2D eigenvalue weighted by Gasteiger charge is 2.15. The van der Waals surface area contributed by atoms with Crippen molar-refractivity contribution in [1.82, 2.24) is 15.5 Å². The summed E-state index contributed by atoms with van der Waals surface area (Å²) in [5, 5.41) is 18.8. The van der Waals surface area contributed by atoms with E-state index in [4.69, 9.17) is 4.74 Å². The molecule has 3 N–H and O–H groups in total. The third-order valence-electron chi connectivity index (χ3n) is 3.65. The van der Waals surface area contributed by atoms with Crippen LogP contribution in [0.3, 0.4) is 0 Å². The maximum atomic E-state index is 11.7. The second-order valence-corrected chi connectivity index (χ2v) is 6.11. The number of morpholine rings is 1. The Labute approximate surface area is 139 Å². The lowest BCUT2D eigenvalue weighted by atomic mass is 10.1. The number of carbonyl (C=O) groups excluding carboxylic acids is 2. The second kappa shape index (κ2) is 9.61. The van der Waals surface area contributed by atoms with Crippen LogP contribution in [0.2, 0.25) is 0 Å². The fraction of sp³-hybridized carbons (Fsp3) is 0.600. The monoisotopic (exact) mass is 341 g/mol. The van der Waals surface area contributed by atoms with Crippen molar-refractivity contribution >= 4 is 23.2 Å². The van der Waals surface area contributed by atoms with Gasteiger partial charge in [-0.2, -0.15) is 11.3 Å². The molecule has 1 saturated heterocycles. The van der Waals surface area contributed by atoms with E-state index in [1.165, 1.54) is 11.3 Å². The van der Waals surface area contributed by atoms with E-state index in [2.05, 4.69) is 15.5 Å². The number of rotatable bonds is 7. The Balaban J connectivity index is 1.56. The number of amides is 2. The molecule has 0 bridgehead atoms. The van der Waals surface area contributed by atoms with Gasteiger partial charge >= 0.3 is 11.8 Å². The molecule has 128 valence electrons. The number of hydrogen-bond donors (Lipinski definition) is 3. The van der Waals surface area contributed by atoms with Gasteiger partial charge in [-0.25, -0.2) is 0 Å². The predicted molar refractivity (Wildman–Crippen MR) is 87.2 cm³/mol. The van der Waals surface area contributed by atoms with Gasteiger partial charge in [-0.05, 0) is 28.8 Å². The summed E-state index contributed by atoms with van der Waals surface area (Å²) in [7, 11) is 0. The van der Waals surface area contributed by atoms with Gasteiger partial charge in [0.2, 0.25) is 0 Å². The number of aliphatic hydroxyl groups is 1. The molecular weight excluding hydrogens is 318 g/mol. The molecule has 2 rings (SSSR count). The van der Waals surface area contributed by atoms with Gasteiger partial charge in [0.05, 0.1) is 19.3 Å². The Morgan fingerprint density at radius 3 is 2.61 bits per heavy atom. The first-order chi connectivity index (χ1) is 11.2. The van der Waals surface area contributed by atoms with Crippen molar-refractivity contribution in [3.63, 3.8) is 0 Å². The fourth-order valence-corrected chi connectivity index (χ4v) is 2.97. The van der Waals surface area contributed by atoms with E-state index < -0.39 is 17.9 Å². The van der Waals surface area contributed by atoms with Crippen molar-refractivity contribution in [2.75, 3.05) is 45.9 Å². The number of ether oxygens (including phenoxy) is 1. The highest BCUT2D eigenvalue weighted by atomic mass is 32.1. The van der Waals surface area contributed by atoms with Gasteiger partial charge in [-0.1, -0.05) is 0 Å². The molecule has 23 heavy (non-hydrogen) atoms. The highest BCUT2D eigenvalue weighted by Crippen LogP contribution is 2.18. The number of nitrogens with one attached hydrogen (secondary N) is 2. The first-order valence-corrected chi connectivity index (χ1v) is 8.67. The van der Waals surface area contributed by atoms with Crippen molar-refractivity contribution in [3.8, 4) is 0 Å². The van der Waals surface area contributed by atoms with Gasteiger partial charge in [0.15, 0.2) is 0 Å². The van der Waals surface area contributed by atoms with Crippen molar-refractivity contribution < 1.29 is 19.4 Å². The molecule has 1 aromatic heterocycles. The molecule has 2 amide bonds. The lowest BCUT2D eigenvalue weighted by Crippen LogP contribution is -2.45. The van der Waals surface area contributed by atoms with Crippen molar-refractivity contribution in [1.29, 1.82) is 0 Å². The van der Waals surface area contributed by atoms with Crippen molar-refractivity contribution in [3.05, 3.63) is 22.4 Å². The Kier molecular flexibility index (Phi) is 7.47. The molecule has 1 fully saturated rings. The highest BCUT2D eigenvalue weighted by molar-refractivity contribution is 7.07. The normalized spacial score (nSPS) is 16.7. The molecule has 0 spiro atoms. The summed E-state index contributed by atoms with van der Waals surface area (Å²) in [5.74, 6) is -1.30. The maximum Gasteiger partial charge on any atom is 0.309 e. The molecule has 1 aliphatic rings. The minimum atomic E-state index is -0.663. The summed E-state index contributed by atoms with van der Waals surface area (Å²) in [5.41, 5.74) is 0.833. The Bertz CT molecular complexity index is 489. The summed E-state index contributed by atoms with van der Waals surface area (Å²) in [6.45, 7) is 4.52. The molecular formula is C15H23N3O4S. The van der Waals surface area contributed by atoms with Crippen molar-refractivity contribution in [2.24, 2.45) is 0 Å². The summed E-state index contributed by atoms with van der Waals surface area (Å²) in [6, 6.07) is 1.84. The molecule has 1 unspecified atom stereocenters. The number of hydrogen-bond acceptors (Lipinski definition) is 6. The first kappa shape index (κ1) is 17.9. The van der Waals surface area contributed by atoms with Crippen LogP contribution in [-0.2, 0) is 14.3 Å². The van der Waals surface area contributed by atoms with Gasteiger partial charge in [0, 0.05) is 32.7 Å². The quantitative estimate of drug-likeness (QED) is 0.594. The van der Waals surface area contributed by atoms with E-state index in [1.807, 2.05) is 16.8 Å². The first-order valence-electron chi connectivity index (χ1n) is 7.73. The van der Waals surface area contributed by atoms with Gasteiger partial charge in [-0.15, -0.1) is 0 Å². The molecule has 0 aliphatic carbocycles. The molecule has 1 aromatic rings. The van der Waals surface area contributed by atoms with Crippen LogP contribution in [0.15, 0.2) is 16.8 Å². The zero-order valence-corrected chi connectivity index (χ0v) is 13.8. The topological polar surface area (TPSA) is 90.9 Å². The zero-order valence-electron chi connectivity index (χ0n) is 13.0. The van der Waals surface area contributed by atoms with Gasteiger partial charge < -0.3 is 20.5 Å². The minimum Gasteiger partial charge on any atom is -0.388 e. The van der Waals surface area contributed by atoms with Crippen LogP contribution in [0.25, 0.3) is 0 Å². The van der Waals surface area contributed by atoms with Crippen LogP contribution in [0.4, 0.5) is 0 Å². The largest absolute Gasteiger partial charge is 0.388 e. The summed E-state index contributed by atoms with van der Waals surface area (Å²) >= 11 is 1.51. The minimum absolute atomic E-state index is 0.257. The van der Waals surface area contributed by atoms with Gasteiger partial charge in [0.1, 0.15) is 0 Å². The van der Waals surface area contributed by atoms with Crippen LogP contribution in [0.1, 0.15) is 18.1 Å². The molecule has 0 saturated carbocycles. The lowest BCUT2D eigenvalue weighted by Gasteiger charge is -2.26. The fourth-order valence-electron chi connectivity index (χ4n) is 2.27. The van der Waals surface area contributed by atoms with Crippen LogP contribution < -0.4 is 10.6 Å². The summed E-state index contributed by atoms with van der Waals surface area (Å²) < 4.78 is 5.24. The molecule has 2 heterocycles. The smallest absolute Gasteiger partial charge is 0.309 e. The number of carbonyl (C=O) groups is 2. The van der Waals surface area contributed by atoms with E-state index >= 15 is 0 Å². The van der Waals surface area contributed by atoms with Crippen LogP contribution in [0, 0.1) is 0 Å². The average Bonchev–Trinajstić information content (AvgIpc) is 3.10. The number of aliphatic hydroxyl groups excluding tert-OH is 1. The third-order valence-corrected chi connectivity index (χ3v) is 4.36. The van der Waals surface area contributed by atoms with E-state index in [0.717, 1.165) is 18.7 Å². The number of nitrogens with zero attached hydrogens (tertiary/aromatic N) is 1. The maximum absolute atomic E-state index is 11.7. The predicted octanol–water partition coefficient (Wildman–Crippen LogP) is -0.264. The second-order valence-electron chi connectivity index (χ2n) is 5.33. The summed E-state index contributed by atoms with van der Waals surface area (Å²) in [6.07, 6.45) is -0.241. The average molecular weight is 341 g/mol. The Hall–Kier alpha value is -1.48. The molecule has 0 radical (unpaired) electrons. The standard InChI is InChI=1S/C15H23N3O4S/c19-13(12-2-10-23-11-12)1-3-16-14(20)15(21)17-4-5-18-6-8-22-9-7-18/h2,10-11,13,19H,1,3-9H2,(H,16,20)(H,17,21). The molecule has 8 heteroatoms. The van der Waals surface area contributed by atoms with Gasteiger partial charge in [0.25, 0.3) is 0 Å². The lowest BCUT2D eigenvalue weighted by molar-refractivity contribution is -0.139. The third kappa shape index (κ3) is 6.26. The van der Waals surface area contributed by atoms with E-state index in [-0.39, 0.29) is 6.54 Å². The van der Waals surface area contributed by atoms with Crippen LogP contribution in [0.5, 0.6) is 0 Å². The SMILES string of the molecule is O=C(NCCC(O)c1ccsc1)C(=O)NCCN1CCOCC1. The molecule has 1 atom stereocenters. The zero-order chi connectivity index (χ0) is 16.5. The van der Waals surface area contributed by atoms with E-state index in [9.17, 15) is 14.7 Å². The Morgan fingerprint density at radius 2 is 1.96 bits per heavy atom.